The van der Waals surface area contributed by atoms with Crippen LogP contribution in [0.15, 0.2) is 18.2 Å². The second-order valence-corrected chi connectivity index (χ2v) is 5.22. The Labute approximate surface area is 112 Å². The van der Waals surface area contributed by atoms with E-state index in [0.29, 0.717) is 10.6 Å². The lowest BCUT2D eigenvalue weighted by molar-refractivity contribution is 0.0688. The molecule has 98 valence electrons. The lowest BCUT2D eigenvalue weighted by atomic mass is 9.94. The van der Waals surface area contributed by atoms with E-state index in [2.05, 4.69) is 6.92 Å². The Morgan fingerprint density at radius 3 is 2.72 bits per heavy atom. The molecule has 0 bridgehead atoms. The van der Waals surface area contributed by atoms with Crippen LogP contribution in [-0.4, -0.2) is 29.0 Å². The number of benzene rings is 1. The fourth-order valence-corrected chi connectivity index (χ4v) is 2.59. The number of hydrogen-bond donors (Lipinski definition) is 1. The summed E-state index contributed by atoms with van der Waals surface area (Å²) in [7, 11) is 0. The van der Waals surface area contributed by atoms with Gasteiger partial charge in [0.25, 0.3) is 5.91 Å². The molecule has 0 aromatic heterocycles. The Kier molecular flexibility index (Phi) is 4.12. The van der Waals surface area contributed by atoms with Gasteiger partial charge in [0.2, 0.25) is 0 Å². The molecule has 0 spiro atoms. The number of hydrogen-bond acceptors (Lipinski definition) is 2. The average Bonchev–Trinajstić information content (AvgIpc) is 2.41. The number of carbonyl (C=O) groups excluding carboxylic acids is 1. The first-order valence-corrected chi connectivity index (χ1v) is 6.77. The maximum atomic E-state index is 12.3. The van der Waals surface area contributed by atoms with Crippen LogP contribution in [0.1, 0.15) is 36.5 Å². The summed E-state index contributed by atoms with van der Waals surface area (Å²) in [6.07, 6.45) is 3.28. The highest BCUT2D eigenvalue weighted by atomic mass is 35.5. The molecule has 1 fully saturated rings. The number of halogens is 1. The van der Waals surface area contributed by atoms with E-state index in [-0.39, 0.29) is 11.7 Å². The van der Waals surface area contributed by atoms with Crippen molar-refractivity contribution in [1.82, 2.24) is 4.90 Å². The van der Waals surface area contributed by atoms with Crippen molar-refractivity contribution in [2.75, 3.05) is 13.1 Å². The molecule has 1 amide bonds. The molecule has 1 aromatic carbocycles. The number of likely N-dealkylation sites (tertiary alicyclic amines) is 1. The third-order valence-corrected chi connectivity index (χ3v) is 3.99. The van der Waals surface area contributed by atoms with Gasteiger partial charge in [0.15, 0.2) is 0 Å². The molecule has 0 radical (unpaired) electrons. The van der Waals surface area contributed by atoms with Crippen molar-refractivity contribution in [2.45, 2.75) is 26.2 Å². The van der Waals surface area contributed by atoms with Crippen molar-refractivity contribution >= 4 is 17.5 Å². The summed E-state index contributed by atoms with van der Waals surface area (Å²) in [6, 6.07) is 4.49. The largest absolute Gasteiger partial charge is 0.508 e. The highest BCUT2D eigenvalue weighted by Crippen LogP contribution is 2.26. The Hall–Kier alpha value is -1.22. The number of amides is 1. The third-order valence-electron chi connectivity index (χ3n) is 3.66. The minimum absolute atomic E-state index is 0.0752. The highest BCUT2D eigenvalue weighted by Gasteiger charge is 2.24. The van der Waals surface area contributed by atoms with Gasteiger partial charge in [-0.2, -0.15) is 0 Å². The Morgan fingerprint density at radius 2 is 2.11 bits per heavy atom. The lowest BCUT2D eigenvalue weighted by Gasteiger charge is -2.31. The van der Waals surface area contributed by atoms with E-state index in [4.69, 9.17) is 11.6 Å². The number of phenolic OH excluding ortho intramolecular Hbond substituents is 1. The molecule has 2 rings (SSSR count). The molecule has 1 N–H and O–H groups in total. The van der Waals surface area contributed by atoms with Gasteiger partial charge in [-0.05, 0) is 37.0 Å². The fraction of sp³-hybridized carbons (Fsp3) is 0.500. The zero-order chi connectivity index (χ0) is 13.1. The van der Waals surface area contributed by atoms with Gasteiger partial charge in [-0.15, -0.1) is 0 Å². The van der Waals surface area contributed by atoms with Crippen molar-refractivity contribution < 1.29 is 9.90 Å². The van der Waals surface area contributed by atoms with Gasteiger partial charge in [0, 0.05) is 13.1 Å². The smallest absolute Gasteiger partial charge is 0.255 e. The van der Waals surface area contributed by atoms with Gasteiger partial charge in [-0.25, -0.2) is 0 Å². The summed E-state index contributed by atoms with van der Waals surface area (Å²) in [5, 5.41) is 9.83. The molecule has 1 heterocycles. The quantitative estimate of drug-likeness (QED) is 0.893. The van der Waals surface area contributed by atoms with Crippen LogP contribution in [0.4, 0.5) is 0 Å². The summed E-state index contributed by atoms with van der Waals surface area (Å²) in [5.74, 6) is 0.727. The van der Waals surface area contributed by atoms with Crippen LogP contribution in [0, 0.1) is 5.92 Å². The molecule has 3 nitrogen and oxygen atoms in total. The van der Waals surface area contributed by atoms with Gasteiger partial charge in [0.1, 0.15) is 5.75 Å². The Balaban J connectivity index is 2.10. The third kappa shape index (κ3) is 2.78. The molecule has 18 heavy (non-hydrogen) atoms. The van der Waals surface area contributed by atoms with E-state index in [9.17, 15) is 9.90 Å². The monoisotopic (exact) mass is 267 g/mol. The minimum atomic E-state index is -0.0783. The lowest BCUT2D eigenvalue weighted by Crippen LogP contribution is -2.38. The van der Waals surface area contributed by atoms with Crippen molar-refractivity contribution in [3.8, 4) is 5.75 Å². The standard InChI is InChI=1S/C14H18ClNO2/c1-2-10-5-7-16(8-6-10)14(18)12-9-11(17)3-4-13(12)15/h3-4,9-10,17H,2,5-8H2,1H3. The summed E-state index contributed by atoms with van der Waals surface area (Å²) >= 11 is 6.01. The number of nitrogens with zero attached hydrogens (tertiary/aromatic N) is 1. The van der Waals surface area contributed by atoms with E-state index in [1.807, 2.05) is 4.90 Å². The van der Waals surface area contributed by atoms with Crippen molar-refractivity contribution in [1.29, 1.82) is 0 Å². The summed E-state index contributed by atoms with van der Waals surface area (Å²) in [6.45, 7) is 3.75. The van der Waals surface area contributed by atoms with E-state index in [1.165, 1.54) is 18.6 Å². The highest BCUT2D eigenvalue weighted by molar-refractivity contribution is 6.33. The number of aromatic hydroxyl groups is 1. The number of carbonyl (C=O) groups is 1. The second kappa shape index (κ2) is 5.61. The molecule has 0 saturated carbocycles. The second-order valence-electron chi connectivity index (χ2n) is 4.81. The summed E-state index contributed by atoms with van der Waals surface area (Å²) in [5.41, 5.74) is 0.395. The molecule has 0 unspecified atom stereocenters. The van der Waals surface area contributed by atoms with E-state index in [1.54, 1.807) is 6.07 Å². The van der Waals surface area contributed by atoms with Crippen LogP contribution < -0.4 is 0 Å². The van der Waals surface area contributed by atoms with E-state index < -0.39 is 0 Å². The normalized spacial score (nSPS) is 16.9. The van der Waals surface area contributed by atoms with Crippen LogP contribution in [0.3, 0.4) is 0 Å². The first-order chi connectivity index (χ1) is 8.61. The van der Waals surface area contributed by atoms with Gasteiger partial charge in [-0.1, -0.05) is 24.9 Å². The van der Waals surface area contributed by atoms with Crippen LogP contribution >= 0.6 is 11.6 Å². The predicted molar refractivity (Wildman–Crippen MR) is 72.0 cm³/mol. The minimum Gasteiger partial charge on any atom is -0.508 e. The van der Waals surface area contributed by atoms with E-state index >= 15 is 0 Å². The van der Waals surface area contributed by atoms with Crippen molar-refractivity contribution in [2.24, 2.45) is 5.92 Å². The Bertz CT molecular complexity index is 439. The van der Waals surface area contributed by atoms with E-state index in [0.717, 1.165) is 31.8 Å². The SMILES string of the molecule is CCC1CCN(C(=O)c2cc(O)ccc2Cl)CC1. The van der Waals surface area contributed by atoms with Crippen LogP contribution in [-0.2, 0) is 0 Å². The number of rotatable bonds is 2. The van der Waals surface area contributed by atoms with Crippen LogP contribution in [0.5, 0.6) is 5.75 Å². The molecule has 1 aliphatic rings. The van der Waals surface area contributed by atoms with Crippen molar-refractivity contribution in [3.05, 3.63) is 28.8 Å². The molecule has 1 saturated heterocycles. The van der Waals surface area contributed by atoms with Crippen LogP contribution in [0.25, 0.3) is 0 Å². The number of piperidine rings is 1. The number of phenols is 1. The maximum absolute atomic E-state index is 12.3. The first-order valence-electron chi connectivity index (χ1n) is 6.39. The predicted octanol–water partition coefficient (Wildman–Crippen LogP) is 3.31. The molecule has 0 atom stereocenters. The summed E-state index contributed by atoms with van der Waals surface area (Å²) < 4.78 is 0. The van der Waals surface area contributed by atoms with Gasteiger partial charge >= 0.3 is 0 Å². The topological polar surface area (TPSA) is 40.5 Å². The zero-order valence-electron chi connectivity index (χ0n) is 10.5. The molecular weight excluding hydrogens is 250 g/mol. The van der Waals surface area contributed by atoms with Gasteiger partial charge in [-0.3, -0.25) is 4.79 Å². The van der Waals surface area contributed by atoms with Crippen molar-refractivity contribution in [3.63, 3.8) is 0 Å². The van der Waals surface area contributed by atoms with Crippen LogP contribution in [0.2, 0.25) is 5.02 Å². The molecule has 1 aliphatic heterocycles. The first kappa shape index (κ1) is 13.2. The zero-order valence-corrected chi connectivity index (χ0v) is 11.3. The fourth-order valence-electron chi connectivity index (χ4n) is 2.39. The molecule has 1 aromatic rings. The summed E-state index contributed by atoms with van der Waals surface area (Å²) in [4.78, 5) is 14.1. The Morgan fingerprint density at radius 1 is 1.44 bits per heavy atom. The van der Waals surface area contributed by atoms with Gasteiger partial charge < -0.3 is 10.0 Å². The van der Waals surface area contributed by atoms with Gasteiger partial charge in [0.05, 0.1) is 10.6 Å². The molecule has 4 heteroatoms. The maximum Gasteiger partial charge on any atom is 0.255 e. The molecule has 0 aliphatic carbocycles. The molecular formula is C14H18ClNO2. The average molecular weight is 268 g/mol.